The molecule has 0 aliphatic heterocycles. The number of hydrogen-bond acceptors (Lipinski definition) is 6. The van der Waals surface area contributed by atoms with Crippen molar-refractivity contribution in [2.45, 2.75) is 19.9 Å². The molecule has 3 aromatic heterocycles. The third-order valence-corrected chi connectivity index (χ3v) is 3.68. The fourth-order valence-electron chi connectivity index (χ4n) is 1.92. The number of halogens is 1. The molecule has 0 fully saturated rings. The van der Waals surface area contributed by atoms with Gasteiger partial charge in [-0.2, -0.15) is 5.10 Å². The number of nitrogen functional groups attached to an aromatic ring is 1. The minimum absolute atomic E-state index is 0.447. The Labute approximate surface area is 128 Å². The molecule has 3 rings (SSSR count). The minimum Gasteiger partial charge on any atom is -0.383 e. The predicted molar refractivity (Wildman–Crippen MR) is 83.0 cm³/mol. The predicted octanol–water partition coefficient (Wildman–Crippen LogP) is 1.41. The minimum atomic E-state index is 0.447. The zero-order valence-electron chi connectivity index (χ0n) is 10.8. The van der Waals surface area contributed by atoms with Gasteiger partial charge in [0, 0.05) is 24.4 Å². The van der Waals surface area contributed by atoms with Gasteiger partial charge in [-0.3, -0.25) is 0 Å². The van der Waals surface area contributed by atoms with Crippen molar-refractivity contribution in [1.29, 1.82) is 0 Å². The lowest BCUT2D eigenvalue weighted by Crippen LogP contribution is -2.05. The van der Waals surface area contributed by atoms with E-state index in [1.54, 1.807) is 4.68 Å². The number of nitrogens with two attached hydrogens (primary N) is 1. The van der Waals surface area contributed by atoms with E-state index in [4.69, 9.17) is 5.73 Å². The van der Waals surface area contributed by atoms with Gasteiger partial charge in [0.1, 0.15) is 21.7 Å². The Bertz CT molecular complexity index is 750. The molecule has 0 aliphatic carbocycles. The molecule has 0 amide bonds. The molecule has 0 spiro atoms. The summed E-state index contributed by atoms with van der Waals surface area (Å²) in [4.78, 5) is 16.8. The van der Waals surface area contributed by atoms with Crippen LogP contribution in [0.2, 0.25) is 0 Å². The van der Waals surface area contributed by atoms with Gasteiger partial charge in [0.25, 0.3) is 0 Å². The largest absolute Gasteiger partial charge is 0.383 e. The number of aromatic nitrogens is 6. The van der Waals surface area contributed by atoms with Crippen LogP contribution in [0.1, 0.15) is 18.3 Å². The number of anilines is 1. The highest BCUT2D eigenvalue weighted by molar-refractivity contribution is 14.1. The fraction of sp³-hybridized carbons (Fsp3) is 0.250. The Kier molecular flexibility index (Phi) is 3.47. The van der Waals surface area contributed by atoms with Crippen LogP contribution in [0.25, 0.3) is 11.0 Å². The first-order chi connectivity index (χ1) is 9.69. The van der Waals surface area contributed by atoms with Gasteiger partial charge in [-0.05, 0) is 22.6 Å². The summed E-state index contributed by atoms with van der Waals surface area (Å²) in [5.74, 6) is 1.28. The van der Waals surface area contributed by atoms with Gasteiger partial charge >= 0.3 is 0 Å². The van der Waals surface area contributed by atoms with Crippen molar-refractivity contribution in [3.05, 3.63) is 33.8 Å². The second-order valence-corrected chi connectivity index (χ2v) is 5.29. The molecule has 2 N–H and O–H groups in total. The second kappa shape index (κ2) is 5.27. The van der Waals surface area contributed by atoms with Gasteiger partial charge < -0.3 is 5.73 Å². The van der Waals surface area contributed by atoms with E-state index in [1.807, 2.05) is 19.3 Å². The van der Waals surface area contributed by atoms with Crippen LogP contribution in [-0.2, 0) is 13.0 Å². The number of nitrogens with zero attached hydrogens (tertiary/aromatic N) is 6. The molecule has 102 valence electrons. The topological polar surface area (TPSA) is 95.4 Å². The first-order valence-corrected chi connectivity index (χ1v) is 7.19. The summed E-state index contributed by atoms with van der Waals surface area (Å²) < 4.78 is 2.58. The molecule has 0 aromatic carbocycles. The standard InChI is InChI=1S/C12H12IN7/c1-2-8-15-3-7(4-16-8)5-20-12-9(10(13)19-20)11(14)17-6-18-12/h3-4,6H,2,5H2,1H3,(H2,14,17,18). The van der Waals surface area contributed by atoms with Crippen molar-refractivity contribution < 1.29 is 0 Å². The second-order valence-electron chi connectivity index (χ2n) is 4.27. The Morgan fingerprint density at radius 2 is 1.95 bits per heavy atom. The smallest absolute Gasteiger partial charge is 0.164 e. The lowest BCUT2D eigenvalue weighted by Gasteiger charge is -2.03. The molecular weight excluding hydrogens is 369 g/mol. The molecular formula is C12H12IN7. The molecule has 3 aromatic rings. The third kappa shape index (κ3) is 2.30. The van der Waals surface area contributed by atoms with Gasteiger partial charge in [0.15, 0.2) is 5.65 Å². The highest BCUT2D eigenvalue weighted by Crippen LogP contribution is 2.22. The van der Waals surface area contributed by atoms with Crippen molar-refractivity contribution in [1.82, 2.24) is 29.7 Å². The van der Waals surface area contributed by atoms with Gasteiger partial charge in [-0.1, -0.05) is 6.92 Å². The van der Waals surface area contributed by atoms with Crippen molar-refractivity contribution >= 4 is 39.4 Å². The normalized spacial score (nSPS) is 11.1. The average Bonchev–Trinajstić information content (AvgIpc) is 2.77. The van der Waals surface area contributed by atoms with Crippen molar-refractivity contribution in [3.8, 4) is 0 Å². The summed E-state index contributed by atoms with van der Waals surface area (Å²) in [6.45, 7) is 2.58. The maximum atomic E-state index is 5.87. The molecule has 0 bridgehead atoms. The lowest BCUT2D eigenvalue weighted by molar-refractivity contribution is 0.690. The molecule has 7 nitrogen and oxygen atoms in total. The molecule has 0 radical (unpaired) electrons. The number of fused-ring (bicyclic) bond motifs is 1. The van der Waals surface area contributed by atoms with Crippen molar-refractivity contribution in [3.63, 3.8) is 0 Å². The maximum absolute atomic E-state index is 5.87. The summed E-state index contributed by atoms with van der Waals surface area (Å²) >= 11 is 2.14. The van der Waals surface area contributed by atoms with E-state index in [1.165, 1.54) is 6.33 Å². The third-order valence-electron chi connectivity index (χ3n) is 2.92. The number of rotatable bonds is 3. The van der Waals surface area contributed by atoms with E-state index in [-0.39, 0.29) is 0 Å². The van der Waals surface area contributed by atoms with E-state index in [0.717, 1.165) is 32.5 Å². The highest BCUT2D eigenvalue weighted by atomic mass is 127. The van der Waals surface area contributed by atoms with Crippen LogP contribution in [-0.4, -0.2) is 29.7 Å². The van der Waals surface area contributed by atoms with Gasteiger partial charge in [0.2, 0.25) is 0 Å². The fourth-order valence-corrected chi connectivity index (χ4v) is 2.69. The summed E-state index contributed by atoms with van der Waals surface area (Å²) in [5, 5.41) is 5.24. The first-order valence-electron chi connectivity index (χ1n) is 6.11. The highest BCUT2D eigenvalue weighted by Gasteiger charge is 2.13. The molecule has 0 saturated heterocycles. The number of hydrogen-bond donors (Lipinski definition) is 1. The Balaban J connectivity index is 2.00. The van der Waals surface area contributed by atoms with E-state index >= 15 is 0 Å². The Morgan fingerprint density at radius 1 is 1.20 bits per heavy atom. The molecule has 0 atom stereocenters. The molecule has 0 saturated carbocycles. The number of aryl methyl sites for hydroxylation is 1. The van der Waals surface area contributed by atoms with Crippen LogP contribution < -0.4 is 5.73 Å². The zero-order valence-corrected chi connectivity index (χ0v) is 12.9. The monoisotopic (exact) mass is 381 g/mol. The maximum Gasteiger partial charge on any atom is 0.164 e. The van der Waals surface area contributed by atoms with Crippen LogP contribution >= 0.6 is 22.6 Å². The van der Waals surface area contributed by atoms with Gasteiger partial charge in [-0.25, -0.2) is 24.6 Å². The lowest BCUT2D eigenvalue weighted by atomic mass is 10.3. The van der Waals surface area contributed by atoms with Crippen molar-refractivity contribution in [2.24, 2.45) is 0 Å². The molecule has 20 heavy (non-hydrogen) atoms. The summed E-state index contributed by atoms with van der Waals surface area (Å²) in [5.41, 5.74) is 7.56. The van der Waals surface area contributed by atoms with E-state index in [2.05, 4.69) is 47.6 Å². The Morgan fingerprint density at radius 3 is 2.65 bits per heavy atom. The summed E-state index contributed by atoms with van der Waals surface area (Å²) in [6, 6.07) is 0. The molecule has 0 aliphatic rings. The van der Waals surface area contributed by atoms with Crippen LogP contribution in [0.15, 0.2) is 18.7 Å². The van der Waals surface area contributed by atoms with E-state index in [9.17, 15) is 0 Å². The summed E-state index contributed by atoms with van der Waals surface area (Å²) in [6.07, 6.45) is 5.91. The van der Waals surface area contributed by atoms with Crippen LogP contribution in [0.4, 0.5) is 5.82 Å². The molecule has 8 heteroatoms. The average molecular weight is 381 g/mol. The van der Waals surface area contributed by atoms with Gasteiger partial charge in [-0.15, -0.1) is 0 Å². The molecule has 0 unspecified atom stereocenters. The van der Waals surface area contributed by atoms with Gasteiger partial charge in [0.05, 0.1) is 11.9 Å². The van der Waals surface area contributed by atoms with E-state index in [0.29, 0.717) is 12.4 Å². The SMILES string of the molecule is CCc1ncc(Cn2nc(I)c3c(N)ncnc32)cn1. The molecule has 3 heterocycles. The van der Waals surface area contributed by atoms with Crippen LogP contribution in [0, 0.1) is 3.70 Å². The Hall–Kier alpha value is -1.84. The van der Waals surface area contributed by atoms with Crippen LogP contribution in [0.3, 0.4) is 0 Å². The summed E-state index contributed by atoms with van der Waals surface area (Å²) in [7, 11) is 0. The van der Waals surface area contributed by atoms with Crippen molar-refractivity contribution in [2.75, 3.05) is 5.73 Å². The van der Waals surface area contributed by atoms with Crippen LogP contribution in [0.5, 0.6) is 0 Å². The van der Waals surface area contributed by atoms with E-state index < -0.39 is 0 Å². The zero-order chi connectivity index (χ0) is 14.1. The first kappa shape index (κ1) is 13.2. The quantitative estimate of drug-likeness (QED) is 0.690.